The van der Waals surface area contributed by atoms with E-state index >= 15 is 0 Å². The Morgan fingerprint density at radius 2 is 1.96 bits per heavy atom. The summed E-state index contributed by atoms with van der Waals surface area (Å²) in [6.45, 7) is 3.56. The van der Waals surface area contributed by atoms with E-state index < -0.39 is 0 Å². The Labute approximate surface area is 165 Å². The lowest BCUT2D eigenvalue weighted by molar-refractivity contribution is -0.121. The summed E-state index contributed by atoms with van der Waals surface area (Å²) in [6, 6.07) is 14.3. The van der Waals surface area contributed by atoms with Crippen LogP contribution in [0.25, 0.3) is 0 Å². The van der Waals surface area contributed by atoms with E-state index in [1.165, 1.54) is 12.1 Å². The SMILES string of the molecule is COc1cccc(C(CNC(=O)CCc2ccc(F)cc2)N2CCOCC2)c1. The molecule has 1 aliphatic heterocycles. The van der Waals surface area contributed by atoms with Gasteiger partial charge in [-0.15, -0.1) is 0 Å². The van der Waals surface area contributed by atoms with E-state index in [-0.39, 0.29) is 17.8 Å². The number of ether oxygens (including phenoxy) is 2. The van der Waals surface area contributed by atoms with Crippen LogP contribution in [0.5, 0.6) is 5.75 Å². The van der Waals surface area contributed by atoms with Gasteiger partial charge in [0, 0.05) is 26.1 Å². The van der Waals surface area contributed by atoms with Gasteiger partial charge in [-0.05, 0) is 41.8 Å². The molecule has 5 nitrogen and oxygen atoms in total. The number of carbonyl (C=O) groups is 1. The number of benzene rings is 2. The van der Waals surface area contributed by atoms with Crippen molar-refractivity contribution in [2.75, 3.05) is 40.0 Å². The average molecular weight is 386 g/mol. The van der Waals surface area contributed by atoms with Crippen molar-refractivity contribution in [2.45, 2.75) is 18.9 Å². The van der Waals surface area contributed by atoms with Crippen LogP contribution in [0.15, 0.2) is 48.5 Å². The largest absolute Gasteiger partial charge is 0.497 e. The molecule has 0 aliphatic carbocycles. The first-order valence-electron chi connectivity index (χ1n) is 9.62. The maximum atomic E-state index is 13.0. The third-order valence-corrected chi connectivity index (χ3v) is 5.01. The Bertz CT molecular complexity index is 761. The summed E-state index contributed by atoms with van der Waals surface area (Å²) < 4.78 is 23.8. The first kappa shape index (κ1) is 20.3. The number of rotatable bonds is 8. The Hall–Kier alpha value is -2.44. The molecule has 0 spiro atoms. The molecule has 1 fully saturated rings. The van der Waals surface area contributed by atoms with Crippen molar-refractivity contribution in [1.29, 1.82) is 0 Å². The van der Waals surface area contributed by atoms with Crippen LogP contribution in [0.2, 0.25) is 0 Å². The molecule has 1 amide bonds. The fourth-order valence-corrected chi connectivity index (χ4v) is 3.40. The topological polar surface area (TPSA) is 50.8 Å². The van der Waals surface area contributed by atoms with E-state index in [1.807, 2.05) is 18.2 Å². The Balaban J connectivity index is 1.60. The molecule has 1 heterocycles. The van der Waals surface area contributed by atoms with Crippen LogP contribution in [0.4, 0.5) is 4.39 Å². The quantitative estimate of drug-likeness (QED) is 0.758. The van der Waals surface area contributed by atoms with Crippen LogP contribution in [0, 0.1) is 5.82 Å². The second-order valence-corrected chi connectivity index (χ2v) is 6.87. The van der Waals surface area contributed by atoms with E-state index in [1.54, 1.807) is 19.2 Å². The zero-order chi connectivity index (χ0) is 19.8. The molecule has 28 heavy (non-hydrogen) atoms. The number of halogens is 1. The molecule has 1 saturated heterocycles. The molecule has 0 bridgehead atoms. The molecule has 0 radical (unpaired) electrons. The van der Waals surface area contributed by atoms with Crippen molar-refractivity contribution in [3.63, 3.8) is 0 Å². The normalized spacial score (nSPS) is 15.8. The van der Waals surface area contributed by atoms with E-state index in [2.05, 4.69) is 16.3 Å². The minimum absolute atomic E-state index is 0.00881. The number of aryl methyl sites for hydroxylation is 1. The number of nitrogens with one attached hydrogen (secondary N) is 1. The summed E-state index contributed by atoms with van der Waals surface area (Å²) in [5.74, 6) is 0.531. The minimum Gasteiger partial charge on any atom is -0.497 e. The number of amides is 1. The molecule has 150 valence electrons. The van der Waals surface area contributed by atoms with Crippen LogP contribution in [-0.2, 0) is 16.0 Å². The highest BCUT2D eigenvalue weighted by molar-refractivity contribution is 5.76. The van der Waals surface area contributed by atoms with Crippen molar-refractivity contribution in [3.8, 4) is 5.75 Å². The van der Waals surface area contributed by atoms with E-state index in [0.717, 1.165) is 30.0 Å². The highest BCUT2D eigenvalue weighted by atomic mass is 19.1. The van der Waals surface area contributed by atoms with Crippen LogP contribution in [-0.4, -0.2) is 50.8 Å². The summed E-state index contributed by atoms with van der Waals surface area (Å²) in [5.41, 5.74) is 2.06. The summed E-state index contributed by atoms with van der Waals surface area (Å²) in [5, 5.41) is 3.06. The molecule has 3 rings (SSSR count). The lowest BCUT2D eigenvalue weighted by atomic mass is 10.0. The van der Waals surface area contributed by atoms with E-state index in [9.17, 15) is 9.18 Å². The van der Waals surface area contributed by atoms with Crippen LogP contribution >= 0.6 is 0 Å². The number of morpholine rings is 1. The molecule has 0 aromatic heterocycles. The number of nitrogens with zero attached hydrogens (tertiary/aromatic N) is 1. The van der Waals surface area contributed by atoms with Crippen molar-refractivity contribution in [3.05, 3.63) is 65.5 Å². The molecular weight excluding hydrogens is 359 g/mol. The number of hydrogen-bond acceptors (Lipinski definition) is 4. The third-order valence-electron chi connectivity index (χ3n) is 5.01. The molecule has 2 aromatic carbocycles. The molecule has 1 N–H and O–H groups in total. The Kier molecular flexibility index (Phi) is 7.39. The maximum Gasteiger partial charge on any atom is 0.220 e. The summed E-state index contributed by atoms with van der Waals surface area (Å²) in [7, 11) is 1.65. The van der Waals surface area contributed by atoms with Gasteiger partial charge in [-0.3, -0.25) is 9.69 Å². The summed E-state index contributed by atoms with van der Waals surface area (Å²) >= 11 is 0. The first-order chi connectivity index (χ1) is 13.7. The first-order valence-corrected chi connectivity index (χ1v) is 9.62. The highest BCUT2D eigenvalue weighted by Gasteiger charge is 2.23. The van der Waals surface area contributed by atoms with Gasteiger partial charge in [0.05, 0.1) is 26.4 Å². The van der Waals surface area contributed by atoms with Gasteiger partial charge in [0.15, 0.2) is 0 Å². The number of methoxy groups -OCH3 is 1. The molecule has 2 aromatic rings. The maximum absolute atomic E-state index is 13.0. The Morgan fingerprint density at radius 1 is 1.21 bits per heavy atom. The van der Waals surface area contributed by atoms with Gasteiger partial charge >= 0.3 is 0 Å². The van der Waals surface area contributed by atoms with Gasteiger partial charge < -0.3 is 14.8 Å². The van der Waals surface area contributed by atoms with Crippen LogP contribution in [0.3, 0.4) is 0 Å². The molecular formula is C22H27FN2O3. The van der Waals surface area contributed by atoms with Gasteiger partial charge in [0.1, 0.15) is 11.6 Å². The monoisotopic (exact) mass is 386 g/mol. The molecule has 6 heteroatoms. The highest BCUT2D eigenvalue weighted by Crippen LogP contribution is 2.24. The predicted molar refractivity (Wildman–Crippen MR) is 106 cm³/mol. The minimum atomic E-state index is -0.264. The molecule has 1 unspecified atom stereocenters. The van der Waals surface area contributed by atoms with Crippen molar-refractivity contribution in [2.24, 2.45) is 0 Å². The third kappa shape index (κ3) is 5.78. The second-order valence-electron chi connectivity index (χ2n) is 6.87. The van der Waals surface area contributed by atoms with E-state index in [0.29, 0.717) is 32.6 Å². The lowest BCUT2D eigenvalue weighted by Crippen LogP contribution is -2.43. The van der Waals surface area contributed by atoms with Gasteiger partial charge in [0.25, 0.3) is 0 Å². The zero-order valence-electron chi connectivity index (χ0n) is 16.2. The van der Waals surface area contributed by atoms with E-state index in [4.69, 9.17) is 9.47 Å². The number of hydrogen-bond donors (Lipinski definition) is 1. The van der Waals surface area contributed by atoms with Gasteiger partial charge in [0.2, 0.25) is 5.91 Å². The van der Waals surface area contributed by atoms with Crippen molar-refractivity contribution in [1.82, 2.24) is 10.2 Å². The molecule has 0 saturated carbocycles. The zero-order valence-corrected chi connectivity index (χ0v) is 16.2. The van der Waals surface area contributed by atoms with Crippen LogP contribution in [0.1, 0.15) is 23.6 Å². The lowest BCUT2D eigenvalue weighted by Gasteiger charge is -2.35. The fourth-order valence-electron chi connectivity index (χ4n) is 3.40. The summed E-state index contributed by atoms with van der Waals surface area (Å²) in [4.78, 5) is 14.7. The predicted octanol–water partition coefficient (Wildman–Crippen LogP) is 2.96. The molecule has 1 atom stereocenters. The van der Waals surface area contributed by atoms with Crippen molar-refractivity contribution < 1.29 is 18.7 Å². The molecule has 1 aliphatic rings. The van der Waals surface area contributed by atoms with Gasteiger partial charge in [-0.25, -0.2) is 4.39 Å². The average Bonchev–Trinajstić information content (AvgIpc) is 2.74. The number of carbonyl (C=O) groups excluding carboxylic acids is 1. The standard InChI is InChI=1S/C22H27FN2O3/c1-27-20-4-2-3-18(15-20)21(25-11-13-28-14-12-25)16-24-22(26)10-7-17-5-8-19(23)9-6-17/h2-6,8-9,15,21H,7,10-14,16H2,1H3,(H,24,26). The van der Waals surface area contributed by atoms with Crippen LogP contribution < -0.4 is 10.1 Å². The van der Waals surface area contributed by atoms with Gasteiger partial charge in [-0.1, -0.05) is 24.3 Å². The van der Waals surface area contributed by atoms with Gasteiger partial charge in [-0.2, -0.15) is 0 Å². The van der Waals surface area contributed by atoms with Crippen molar-refractivity contribution >= 4 is 5.91 Å². The second kappa shape index (κ2) is 10.2. The summed E-state index contributed by atoms with van der Waals surface area (Å²) in [6.07, 6.45) is 0.965. The fraction of sp³-hybridized carbons (Fsp3) is 0.409. The smallest absolute Gasteiger partial charge is 0.220 e. The Morgan fingerprint density at radius 3 is 2.68 bits per heavy atom.